The first-order chi connectivity index (χ1) is 8.83. The summed E-state index contributed by atoms with van der Waals surface area (Å²) in [5.74, 6) is 0.903. The van der Waals surface area contributed by atoms with Crippen molar-refractivity contribution in [3.63, 3.8) is 0 Å². The fourth-order valence-electron chi connectivity index (χ4n) is 2.37. The van der Waals surface area contributed by atoms with Crippen molar-refractivity contribution in [2.45, 2.75) is 64.7 Å². The van der Waals surface area contributed by atoms with E-state index < -0.39 is 0 Å². The Morgan fingerprint density at radius 3 is 2.83 bits per heavy atom. The van der Waals surface area contributed by atoms with Gasteiger partial charge in [0.2, 0.25) is 0 Å². The molecule has 1 aliphatic rings. The third-order valence-electron chi connectivity index (χ3n) is 3.52. The summed E-state index contributed by atoms with van der Waals surface area (Å²) in [5, 5.41) is 2.64. The van der Waals surface area contributed by atoms with Gasteiger partial charge in [0.1, 0.15) is 0 Å². The van der Waals surface area contributed by atoms with Crippen LogP contribution in [0.15, 0.2) is 12.3 Å². The molecule has 1 rings (SSSR count). The van der Waals surface area contributed by atoms with Gasteiger partial charge in [0.25, 0.3) is 0 Å². The zero-order valence-electron chi connectivity index (χ0n) is 11.6. The summed E-state index contributed by atoms with van der Waals surface area (Å²) in [4.78, 5) is 11.2. The van der Waals surface area contributed by atoms with Gasteiger partial charge in [-0.1, -0.05) is 51.5 Å². The van der Waals surface area contributed by atoms with Gasteiger partial charge in [-0.15, -0.1) is 0 Å². The maximum atomic E-state index is 11.2. The molecule has 1 saturated carbocycles. The first-order valence-corrected chi connectivity index (χ1v) is 7.41. The zero-order valence-corrected chi connectivity index (χ0v) is 11.6. The highest BCUT2D eigenvalue weighted by Crippen LogP contribution is 2.27. The van der Waals surface area contributed by atoms with Crippen molar-refractivity contribution in [3.8, 4) is 0 Å². The predicted molar refractivity (Wildman–Crippen MR) is 74.3 cm³/mol. The smallest absolute Gasteiger partial charge is 0.411 e. The first kappa shape index (κ1) is 15.1. The van der Waals surface area contributed by atoms with Crippen LogP contribution < -0.4 is 5.32 Å². The van der Waals surface area contributed by atoms with Crippen molar-refractivity contribution in [2.24, 2.45) is 5.92 Å². The number of nitrogens with one attached hydrogen (secondary N) is 1. The van der Waals surface area contributed by atoms with E-state index in [-0.39, 0.29) is 6.09 Å². The Balaban J connectivity index is 1.97. The molecule has 0 saturated heterocycles. The molecule has 0 atom stereocenters. The largest absolute Gasteiger partial charge is 0.449 e. The van der Waals surface area contributed by atoms with Crippen LogP contribution in [0, 0.1) is 5.92 Å². The molecular formula is C15H27NO2. The van der Waals surface area contributed by atoms with Gasteiger partial charge < -0.3 is 4.74 Å². The number of amides is 1. The van der Waals surface area contributed by atoms with Gasteiger partial charge in [0, 0.05) is 6.20 Å². The molecule has 0 heterocycles. The maximum Gasteiger partial charge on any atom is 0.411 e. The molecule has 0 radical (unpaired) electrons. The minimum Gasteiger partial charge on any atom is -0.449 e. The van der Waals surface area contributed by atoms with E-state index in [9.17, 15) is 4.79 Å². The van der Waals surface area contributed by atoms with Crippen LogP contribution >= 0.6 is 0 Å². The molecule has 0 aromatic carbocycles. The topological polar surface area (TPSA) is 38.3 Å². The van der Waals surface area contributed by atoms with Crippen molar-refractivity contribution in [2.75, 3.05) is 6.61 Å². The monoisotopic (exact) mass is 253 g/mol. The summed E-state index contributed by atoms with van der Waals surface area (Å²) in [7, 11) is 0. The van der Waals surface area contributed by atoms with E-state index >= 15 is 0 Å². The number of rotatable bonds is 7. The lowest BCUT2D eigenvalue weighted by Crippen LogP contribution is -2.18. The second kappa shape index (κ2) is 9.98. The summed E-state index contributed by atoms with van der Waals surface area (Å²) in [6.07, 6.45) is 14.7. The lowest BCUT2D eigenvalue weighted by molar-refractivity contribution is 0.148. The van der Waals surface area contributed by atoms with Crippen LogP contribution in [0.5, 0.6) is 0 Å². The van der Waals surface area contributed by atoms with Gasteiger partial charge in [0.05, 0.1) is 6.61 Å². The van der Waals surface area contributed by atoms with E-state index in [4.69, 9.17) is 4.74 Å². The van der Waals surface area contributed by atoms with Crippen molar-refractivity contribution in [1.29, 1.82) is 0 Å². The third-order valence-corrected chi connectivity index (χ3v) is 3.52. The Bertz CT molecular complexity index is 245. The Hall–Kier alpha value is -0.990. The fourth-order valence-corrected chi connectivity index (χ4v) is 2.37. The van der Waals surface area contributed by atoms with E-state index in [1.165, 1.54) is 38.5 Å². The van der Waals surface area contributed by atoms with Gasteiger partial charge >= 0.3 is 6.09 Å². The van der Waals surface area contributed by atoms with E-state index in [0.29, 0.717) is 6.61 Å². The second-order valence-electron chi connectivity index (χ2n) is 5.12. The van der Waals surface area contributed by atoms with Crippen LogP contribution in [0.3, 0.4) is 0 Å². The van der Waals surface area contributed by atoms with Gasteiger partial charge in [-0.2, -0.15) is 0 Å². The van der Waals surface area contributed by atoms with Crippen LogP contribution in [0.25, 0.3) is 0 Å². The van der Waals surface area contributed by atoms with Crippen molar-refractivity contribution in [3.05, 3.63) is 12.3 Å². The number of carbonyl (C=O) groups is 1. The Morgan fingerprint density at radius 2 is 2.11 bits per heavy atom. The van der Waals surface area contributed by atoms with E-state index in [1.807, 2.05) is 6.08 Å². The maximum absolute atomic E-state index is 11.2. The van der Waals surface area contributed by atoms with Gasteiger partial charge in [0.15, 0.2) is 0 Å². The van der Waals surface area contributed by atoms with Crippen LogP contribution in [-0.4, -0.2) is 12.7 Å². The average molecular weight is 253 g/mol. The lowest BCUT2D eigenvalue weighted by atomic mass is 9.86. The number of carbonyl (C=O) groups excluding carboxylic acids is 1. The lowest BCUT2D eigenvalue weighted by Gasteiger charge is -2.20. The number of allylic oxidation sites excluding steroid dienone is 1. The molecule has 1 N–H and O–H groups in total. The Kier molecular flexibility index (Phi) is 8.36. The first-order valence-electron chi connectivity index (χ1n) is 7.41. The highest BCUT2D eigenvalue weighted by Gasteiger charge is 2.11. The normalized spacial score (nSPS) is 16.9. The molecule has 3 heteroatoms. The van der Waals surface area contributed by atoms with Gasteiger partial charge in [-0.25, -0.2) is 4.79 Å². The van der Waals surface area contributed by atoms with Crippen LogP contribution in [0.1, 0.15) is 64.7 Å². The highest BCUT2D eigenvalue weighted by atomic mass is 16.5. The van der Waals surface area contributed by atoms with E-state index in [1.54, 1.807) is 6.20 Å². The molecule has 1 aliphatic carbocycles. The molecule has 0 aromatic heterocycles. The zero-order chi connectivity index (χ0) is 13.1. The minimum atomic E-state index is -0.336. The summed E-state index contributed by atoms with van der Waals surface area (Å²) >= 11 is 0. The molecule has 1 fully saturated rings. The minimum absolute atomic E-state index is 0.336. The van der Waals surface area contributed by atoms with E-state index in [2.05, 4.69) is 12.2 Å². The molecule has 0 aromatic rings. The molecule has 1 amide bonds. The van der Waals surface area contributed by atoms with Gasteiger partial charge in [-0.3, -0.25) is 5.32 Å². The quantitative estimate of drug-likeness (QED) is 0.683. The predicted octanol–water partition coefficient (Wildman–Crippen LogP) is 4.39. The molecule has 104 valence electrons. The van der Waals surface area contributed by atoms with Crippen molar-refractivity contribution >= 4 is 6.09 Å². The molecule has 3 nitrogen and oxygen atoms in total. The van der Waals surface area contributed by atoms with E-state index in [0.717, 1.165) is 25.2 Å². The molecule has 0 aliphatic heterocycles. The highest BCUT2D eigenvalue weighted by molar-refractivity contribution is 5.68. The molecule has 0 bridgehead atoms. The van der Waals surface area contributed by atoms with Crippen LogP contribution in [-0.2, 0) is 4.74 Å². The third kappa shape index (κ3) is 7.36. The number of ether oxygens (including phenoxy) is 1. The van der Waals surface area contributed by atoms with Gasteiger partial charge in [-0.05, 0) is 25.2 Å². The average Bonchev–Trinajstić information content (AvgIpc) is 2.40. The second-order valence-corrected chi connectivity index (χ2v) is 5.12. The van der Waals surface area contributed by atoms with Crippen molar-refractivity contribution in [1.82, 2.24) is 5.32 Å². The number of hydrogen-bond acceptors (Lipinski definition) is 2. The molecule has 0 spiro atoms. The summed E-state index contributed by atoms with van der Waals surface area (Å²) in [6.45, 7) is 2.59. The number of unbranched alkanes of at least 4 members (excludes halogenated alkanes) is 1. The summed E-state index contributed by atoms with van der Waals surface area (Å²) < 4.78 is 4.98. The summed E-state index contributed by atoms with van der Waals surface area (Å²) in [6, 6.07) is 0. The molecular weight excluding hydrogens is 226 g/mol. The number of hydrogen-bond donors (Lipinski definition) is 1. The van der Waals surface area contributed by atoms with Crippen LogP contribution in [0.4, 0.5) is 4.79 Å². The molecule has 0 unspecified atom stereocenters. The summed E-state index contributed by atoms with van der Waals surface area (Å²) in [5.41, 5.74) is 0. The number of alkyl carbamates (subject to hydrolysis) is 1. The van der Waals surface area contributed by atoms with Crippen LogP contribution in [0.2, 0.25) is 0 Å². The SMILES string of the molecule is CCCCOC(=O)NC=CCCC1CCCCC1. The Labute approximate surface area is 111 Å². The Morgan fingerprint density at radius 1 is 1.33 bits per heavy atom. The standard InChI is InChI=1S/C15H27NO2/c1-2-3-13-18-15(17)16-12-8-7-11-14-9-5-4-6-10-14/h8,12,14H,2-7,9-11,13H2,1H3,(H,16,17). The van der Waals surface area contributed by atoms with Crippen molar-refractivity contribution < 1.29 is 9.53 Å². The fraction of sp³-hybridized carbons (Fsp3) is 0.800. The molecule has 18 heavy (non-hydrogen) atoms.